The Labute approximate surface area is 412 Å². The fraction of sp³-hybridized carbons (Fsp3) is 0.836. The number of rotatable bonds is 54. The normalized spacial score (nSPS) is 12.5. The Morgan fingerprint density at radius 1 is 0.333 bits per heavy atom. The van der Waals surface area contributed by atoms with Gasteiger partial charge in [-0.2, -0.15) is 0 Å². The van der Waals surface area contributed by atoms with Gasteiger partial charge in [-0.3, -0.25) is 9.59 Å². The van der Waals surface area contributed by atoms with E-state index < -0.39 is 6.10 Å². The molecular weight excluding hydrogens is 813 g/mol. The molecule has 1 unspecified atom stereocenters. The van der Waals surface area contributed by atoms with Crippen molar-refractivity contribution in [1.82, 2.24) is 0 Å². The summed E-state index contributed by atoms with van der Waals surface area (Å²) in [4.78, 5) is 25.5. The largest absolute Gasteiger partial charge is 0.462 e. The van der Waals surface area contributed by atoms with E-state index in [-0.39, 0.29) is 25.2 Å². The van der Waals surface area contributed by atoms with Crippen LogP contribution in [0.15, 0.2) is 48.6 Å². The summed E-state index contributed by atoms with van der Waals surface area (Å²) in [5, 5.41) is 0. The van der Waals surface area contributed by atoms with Crippen molar-refractivity contribution < 1.29 is 23.8 Å². The van der Waals surface area contributed by atoms with E-state index in [1.807, 2.05) is 0 Å². The molecule has 0 aromatic rings. The monoisotopic (exact) mass is 925 g/mol. The molecule has 0 aromatic heterocycles. The van der Waals surface area contributed by atoms with Crippen LogP contribution in [-0.4, -0.2) is 37.9 Å². The van der Waals surface area contributed by atoms with Gasteiger partial charge in [0.1, 0.15) is 6.61 Å². The van der Waals surface area contributed by atoms with Crippen LogP contribution < -0.4 is 0 Å². The van der Waals surface area contributed by atoms with Crippen molar-refractivity contribution in [1.29, 1.82) is 0 Å². The second-order valence-electron chi connectivity index (χ2n) is 19.5. The van der Waals surface area contributed by atoms with Crippen molar-refractivity contribution in [2.45, 2.75) is 309 Å². The highest BCUT2D eigenvalue weighted by atomic mass is 16.6. The van der Waals surface area contributed by atoms with Gasteiger partial charge in [-0.15, -0.1) is 0 Å². The summed E-state index contributed by atoms with van der Waals surface area (Å²) in [5.74, 6) is -0.401. The smallest absolute Gasteiger partial charge is 0.306 e. The standard InChI is InChI=1S/C61H112O5/c1-4-7-10-13-16-19-22-25-28-30-31-33-34-36-39-42-45-48-51-54-60(62)65-58-59(57-64-56-53-50-47-44-41-38-27-24-21-18-15-12-9-6-3)66-61(63)55-52-49-46-43-40-37-35-32-29-26-23-20-17-14-11-8-5-2/h16,19,25-26,28-29,31,33,59H,4-15,17-18,20-24,27,30,32,34-58H2,1-3H3/b19-16-,28-25-,29-26-,33-31-. The summed E-state index contributed by atoms with van der Waals surface area (Å²) >= 11 is 0. The van der Waals surface area contributed by atoms with Crippen molar-refractivity contribution in [2.75, 3.05) is 19.8 Å². The molecule has 66 heavy (non-hydrogen) atoms. The van der Waals surface area contributed by atoms with E-state index in [1.54, 1.807) is 0 Å². The quantitative estimate of drug-likeness (QED) is 0.0345. The highest BCUT2D eigenvalue weighted by Crippen LogP contribution is 2.16. The second-order valence-corrected chi connectivity index (χ2v) is 19.5. The van der Waals surface area contributed by atoms with Crippen LogP contribution in [0.5, 0.6) is 0 Å². The third kappa shape index (κ3) is 54.5. The number of carbonyl (C=O) groups is 2. The van der Waals surface area contributed by atoms with Crippen LogP contribution in [0.1, 0.15) is 303 Å². The Bertz CT molecular complexity index is 1090. The lowest BCUT2D eigenvalue weighted by atomic mass is 10.0. The van der Waals surface area contributed by atoms with Gasteiger partial charge in [-0.25, -0.2) is 0 Å². The summed E-state index contributed by atoms with van der Waals surface area (Å²) in [6.07, 6.45) is 71.2. The SMILES string of the molecule is CCCCC/C=C\C/C=C\C/C=C\CCCCCCCCC(=O)OCC(COCCCCCCCCCCCCCCCC)OC(=O)CCCCCCCCC/C=C\CCCCCCCC. The number of hydrogen-bond acceptors (Lipinski definition) is 5. The molecule has 0 aliphatic carbocycles. The van der Waals surface area contributed by atoms with E-state index in [0.717, 1.165) is 64.2 Å². The van der Waals surface area contributed by atoms with Gasteiger partial charge in [0.2, 0.25) is 0 Å². The third-order valence-corrected chi connectivity index (χ3v) is 12.8. The fourth-order valence-corrected chi connectivity index (χ4v) is 8.45. The molecule has 0 radical (unpaired) electrons. The first-order valence-corrected chi connectivity index (χ1v) is 29.2. The maximum absolute atomic E-state index is 12.9. The molecule has 0 saturated heterocycles. The van der Waals surface area contributed by atoms with Crippen LogP contribution in [0.25, 0.3) is 0 Å². The average molecular weight is 926 g/mol. The Morgan fingerprint density at radius 2 is 0.636 bits per heavy atom. The zero-order valence-electron chi connectivity index (χ0n) is 44.5. The van der Waals surface area contributed by atoms with E-state index in [4.69, 9.17) is 14.2 Å². The van der Waals surface area contributed by atoms with Crippen LogP contribution in [0.3, 0.4) is 0 Å². The summed E-state index contributed by atoms with van der Waals surface area (Å²) in [6.45, 7) is 7.83. The minimum absolute atomic E-state index is 0.0804. The lowest BCUT2D eigenvalue weighted by molar-refractivity contribution is -0.163. The van der Waals surface area contributed by atoms with Crippen molar-refractivity contribution >= 4 is 11.9 Å². The topological polar surface area (TPSA) is 61.8 Å². The number of ether oxygens (including phenoxy) is 3. The van der Waals surface area contributed by atoms with Gasteiger partial charge in [0.25, 0.3) is 0 Å². The molecular formula is C61H112O5. The number of esters is 2. The predicted octanol–water partition coefficient (Wildman–Crippen LogP) is 19.9. The molecule has 0 fully saturated rings. The number of hydrogen-bond donors (Lipinski definition) is 0. The van der Waals surface area contributed by atoms with Gasteiger partial charge in [0.15, 0.2) is 6.10 Å². The van der Waals surface area contributed by atoms with Crippen molar-refractivity contribution in [2.24, 2.45) is 0 Å². The molecule has 0 N–H and O–H groups in total. The molecule has 0 rings (SSSR count). The van der Waals surface area contributed by atoms with Gasteiger partial charge in [0, 0.05) is 19.4 Å². The lowest BCUT2D eigenvalue weighted by Crippen LogP contribution is -2.30. The summed E-state index contributed by atoms with van der Waals surface area (Å²) in [7, 11) is 0. The fourth-order valence-electron chi connectivity index (χ4n) is 8.45. The Morgan fingerprint density at radius 3 is 1.06 bits per heavy atom. The van der Waals surface area contributed by atoms with Gasteiger partial charge >= 0.3 is 11.9 Å². The summed E-state index contributed by atoms with van der Waals surface area (Å²) in [5.41, 5.74) is 0. The van der Waals surface area contributed by atoms with Crippen LogP contribution >= 0.6 is 0 Å². The molecule has 0 aliphatic heterocycles. The third-order valence-electron chi connectivity index (χ3n) is 12.8. The highest BCUT2D eigenvalue weighted by Gasteiger charge is 2.17. The van der Waals surface area contributed by atoms with E-state index in [1.165, 1.54) is 205 Å². The van der Waals surface area contributed by atoms with Gasteiger partial charge < -0.3 is 14.2 Å². The number of carbonyl (C=O) groups excluding carboxylic acids is 2. The molecule has 0 bridgehead atoms. The molecule has 5 nitrogen and oxygen atoms in total. The van der Waals surface area contributed by atoms with E-state index in [9.17, 15) is 9.59 Å². The summed E-state index contributed by atoms with van der Waals surface area (Å²) < 4.78 is 17.5. The zero-order valence-corrected chi connectivity index (χ0v) is 44.5. The molecule has 1 atom stereocenters. The number of allylic oxidation sites excluding steroid dienone is 8. The predicted molar refractivity (Wildman–Crippen MR) is 288 cm³/mol. The van der Waals surface area contributed by atoms with Gasteiger partial charge in [-0.1, -0.05) is 256 Å². The van der Waals surface area contributed by atoms with E-state index in [2.05, 4.69) is 69.4 Å². The van der Waals surface area contributed by atoms with Crippen LogP contribution in [0.4, 0.5) is 0 Å². The highest BCUT2D eigenvalue weighted by molar-refractivity contribution is 5.70. The van der Waals surface area contributed by atoms with E-state index in [0.29, 0.717) is 19.4 Å². The summed E-state index contributed by atoms with van der Waals surface area (Å²) in [6, 6.07) is 0. The lowest BCUT2D eigenvalue weighted by Gasteiger charge is -2.18. The first-order valence-electron chi connectivity index (χ1n) is 29.2. The van der Waals surface area contributed by atoms with Crippen molar-refractivity contribution in [3.8, 4) is 0 Å². The first-order chi connectivity index (χ1) is 32.6. The first kappa shape index (κ1) is 63.9. The van der Waals surface area contributed by atoms with Crippen molar-refractivity contribution in [3.63, 3.8) is 0 Å². The minimum Gasteiger partial charge on any atom is -0.462 e. The molecule has 0 amide bonds. The molecule has 0 spiro atoms. The minimum atomic E-state index is -0.541. The Balaban J connectivity index is 4.27. The van der Waals surface area contributed by atoms with Gasteiger partial charge in [0.05, 0.1) is 6.61 Å². The van der Waals surface area contributed by atoms with Crippen molar-refractivity contribution in [3.05, 3.63) is 48.6 Å². The van der Waals surface area contributed by atoms with Crippen LogP contribution in [0, 0.1) is 0 Å². The molecule has 0 saturated carbocycles. The Kier molecular flexibility index (Phi) is 55.3. The second kappa shape index (κ2) is 57.2. The molecule has 0 heterocycles. The maximum Gasteiger partial charge on any atom is 0.306 e. The van der Waals surface area contributed by atoms with Crippen LogP contribution in [0.2, 0.25) is 0 Å². The average Bonchev–Trinajstić information content (AvgIpc) is 3.32. The van der Waals surface area contributed by atoms with Crippen LogP contribution in [-0.2, 0) is 23.8 Å². The molecule has 386 valence electrons. The van der Waals surface area contributed by atoms with E-state index >= 15 is 0 Å². The molecule has 0 aliphatic rings. The molecule has 5 heteroatoms. The zero-order chi connectivity index (χ0) is 47.7. The van der Waals surface area contributed by atoms with Gasteiger partial charge in [-0.05, 0) is 83.5 Å². The Hall–Kier alpha value is -2.14. The number of unbranched alkanes of at least 4 members (excludes halogenated alkanes) is 35. The molecule has 0 aromatic carbocycles. The maximum atomic E-state index is 12.9.